The molecule has 0 fully saturated rings. The van der Waals surface area contributed by atoms with Crippen LogP contribution >= 0.6 is 0 Å². The second-order valence-corrected chi connectivity index (χ2v) is 8.58. The lowest BCUT2D eigenvalue weighted by Gasteiger charge is -2.18. The third-order valence-corrected chi connectivity index (χ3v) is 4.94. The molecule has 6 nitrogen and oxygen atoms in total. The van der Waals surface area contributed by atoms with E-state index in [1.54, 1.807) is 7.11 Å². The van der Waals surface area contributed by atoms with Crippen molar-refractivity contribution in [1.82, 2.24) is 14.9 Å². The number of nitrogens with one attached hydrogen (secondary N) is 1. The standard InChI is InChI=1S/C22H33N5.C4H10O/c1-8-16-13-18(23)20(15(4)5)26-21(16)17-9-10-19(14(2)3)25-22(17)24-11-12-27(6)7;1-3-4-5-2/h9-10,13-14H,4,8,11-12,23H2,1-3,5-7H3,(H,24,25);3-4H2,1-2H3. The number of hydrogen-bond donors (Lipinski definition) is 2. The zero-order valence-electron chi connectivity index (χ0n) is 21.4. The number of ether oxygens (including phenoxy) is 1. The third kappa shape index (κ3) is 8.24. The van der Waals surface area contributed by atoms with Crippen molar-refractivity contribution in [3.8, 4) is 11.3 Å². The minimum absolute atomic E-state index is 0.365. The Balaban J connectivity index is 0.000000920. The van der Waals surface area contributed by atoms with Crippen LogP contribution in [0.3, 0.4) is 0 Å². The lowest BCUT2D eigenvalue weighted by molar-refractivity contribution is 0.199. The van der Waals surface area contributed by atoms with E-state index in [1.165, 1.54) is 0 Å². The van der Waals surface area contributed by atoms with E-state index in [-0.39, 0.29) is 0 Å². The predicted octanol–water partition coefficient (Wildman–Crippen LogP) is 5.46. The fourth-order valence-electron chi connectivity index (χ4n) is 3.14. The minimum Gasteiger partial charge on any atom is -0.397 e. The first-order valence-electron chi connectivity index (χ1n) is 11.5. The van der Waals surface area contributed by atoms with Gasteiger partial charge in [0, 0.05) is 38.1 Å². The van der Waals surface area contributed by atoms with Crippen molar-refractivity contribution < 1.29 is 4.74 Å². The first-order chi connectivity index (χ1) is 15.2. The number of methoxy groups -OCH3 is 1. The molecule has 2 aromatic rings. The van der Waals surface area contributed by atoms with Crippen molar-refractivity contribution in [1.29, 1.82) is 0 Å². The molecule has 0 unspecified atom stereocenters. The Hall–Kier alpha value is -2.44. The van der Waals surface area contributed by atoms with Crippen LogP contribution in [-0.4, -0.2) is 55.8 Å². The molecule has 2 aromatic heterocycles. The number of hydrogen-bond acceptors (Lipinski definition) is 6. The molecule has 3 N–H and O–H groups in total. The number of likely N-dealkylation sites (N-methyl/N-ethyl adjacent to an activating group) is 1. The maximum absolute atomic E-state index is 6.20. The number of aromatic nitrogens is 2. The van der Waals surface area contributed by atoms with Gasteiger partial charge in [0.25, 0.3) is 0 Å². The molecule has 0 aliphatic rings. The normalized spacial score (nSPS) is 10.8. The molecule has 0 amide bonds. The number of nitrogens with zero attached hydrogens (tertiary/aromatic N) is 3. The van der Waals surface area contributed by atoms with Crippen LogP contribution in [0.4, 0.5) is 11.5 Å². The molecule has 2 heterocycles. The second kappa shape index (κ2) is 13.9. The van der Waals surface area contributed by atoms with Gasteiger partial charge in [0.15, 0.2) is 0 Å². The van der Waals surface area contributed by atoms with Gasteiger partial charge < -0.3 is 20.7 Å². The summed E-state index contributed by atoms with van der Waals surface area (Å²) < 4.78 is 4.69. The van der Waals surface area contributed by atoms with E-state index in [0.29, 0.717) is 11.6 Å². The van der Waals surface area contributed by atoms with Gasteiger partial charge in [0.1, 0.15) is 5.82 Å². The maximum atomic E-state index is 6.20. The molecule has 0 aliphatic heterocycles. The summed E-state index contributed by atoms with van der Waals surface area (Å²) in [4.78, 5) is 11.9. The summed E-state index contributed by atoms with van der Waals surface area (Å²) in [6.07, 6.45) is 1.97. The lowest BCUT2D eigenvalue weighted by atomic mass is 10.00. The highest BCUT2D eigenvalue weighted by molar-refractivity contribution is 5.80. The third-order valence-electron chi connectivity index (χ3n) is 4.94. The first kappa shape index (κ1) is 27.6. The molecule has 0 aromatic carbocycles. The van der Waals surface area contributed by atoms with Gasteiger partial charge in [-0.25, -0.2) is 9.97 Å². The number of aryl methyl sites for hydroxylation is 1. The van der Waals surface area contributed by atoms with E-state index in [2.05, 4.69) is 70.7 Å². The molecule has 0 saturated carbocycles. The summed E-state index contributed by atoms with van der Waals surface area (Å²) in [6, 6.07) is 6.24. The number of allylic oxidation sites excluding steroid dienone is 1. The Morgan fingerprint density at radius 1 is 1.22 bits per heavy atom. The van der Waals surface area contributed by atoms with E-state index < -0.39 is 0 Å². The van der Waals surface area contributed by atoms with E-state index in [4.69, 9.17) is 20.4 Å². The van der Waals surface area contributed by atoms with Crippen LogP contribution in [0, 0.1) is 0 Å². The number of rotatable bonds is 10. The first-order valence-corrected chi connectivity index (χ1v) is 11.5. The topological polar surface area (TPSA) is 76.3 Å². The summed E-state index contributed by atoms with van der Waals surface area (Å²) >= 11 is 0. The van der Waals surface area contributed by atoms with Gasteiger partial charge in [-0.3, -0.25) is 0 Å². The Morgan fingerprint density at radius 3 is 2.38 bits per heavy atom. The summed E-state index contributed by atoms with van der Waals surface area (Å²) in [5, 5.41) is 3.51. The number of nitrogen functional groups attached to an aromatic ring is 1. The van der Waals surface area contributed by atoms with Crippen LogP contribution in [0.5, 0.6) is 0 Å². The fraction of sp³-hybridized carbons (Fsp3) is 0.538. The van der Waals surface area contributed by atoms with Crippen LogP contribution in [0.2, 0.25) is 0 Å². The predicted molar refractivity (Wildman–Crippen MR) is 139 cm³/mol. The largest absolute Gasteiger partial charge is 0.397 e. The van der Waals surface area contributed by atoms with E-state index in [0.717, 1.165) is 72.1 Å². The number of anilines is 2. The maximum Gasteiger partial charge on any atom is 0.135 e. The van der Waals surface area contributed by atoms with Gasteiger partial charge >= 0.3 is 0 Å². The van der Waals surface area contributed by atoms with Gasteiger partial charge in [-0.2, -0.15) is 0 Å². The van der Waals surface area contributed by atoms with Gasteiger partial charge in [-0.05, 0) is 69.1 Å². The molecular formula is C26H43N5O. The summed E-state index contributed by atoms with van der Waals surface area (Å²) in [6.45, 7) is 17.1. The highest BCUT2D eigenvalue weighted by atomic mass is 16.5. The van der Waals surface area contributed by atoms with Gasteiger partial charge in [-0.15, -0.1) is 0 Å². The monoisotopic (exact) mass is 441 g/mol. The fourth-order valence-corrected chi connectivity index (χ4v) is 3.14. The minimum atomic E-state index is 0.365. The molecule has 0 aliphatic carbocycles. The summed E-state index contributed by atoms with van der Waals surface area (Å²) in [7, 11) is 5.84. The Kier molecular flexibility index (Phi) is 12.0. The highest BCUT2D eigenvalue weighted by Crippen LogP contribution is 2.33. The van der Waals surface area contributed by atoms with E-state index in [1.807, 2.05) is 13.0 Å². The average molecular weight is 442 g/mol. The second-order valence-electron chi connectivity index (χ2n) is 8.58. The van der Waals surface area contributed by atoms with Crippen molar-refractivity contribution in [2.75, 3.05) is 52.0 Å². The van der Waals surface area contributed by atoms with Crippen molar-refractivity contribution in [3.63, 3.8) is 0 Å². The average Bonchev–Trinajstić information content (AvgIpc) is 2.74. The highest BCUT2D eigenvalue weighted by Gasteiger charge is 2.17. The van der Waals surface area contributed by atoms with Crippen LogP contribution in [0.15, 0.2) is 24.8 Å². The molecule has 6 heteroatoms. The van der Waals surface area contributed by atoms with E-state index in [9.17, 15) is 0 Å². The smallest absolute Gasteiger partial charge is 0.135 e. The van der Waals surface area contributed by atoms with Crippen molar-refractivity contribution in [2.24, 2.45) is 0 Å². The Labute approximate surface area is 195 Å². The Bertz CT molecular complexity index is 860. The molecule has 0 spiro atoms. The molecule has 0 radical (unpaired) electrons. The molecule has 2 rings (SSSR count). The number of pyridine rings is 2. The van der Waals surface area contributed by atoms with Crippen molar-refractivity contribution >= 4 is 17.1 Å². The Morgan fingerprint density at radius 2 is 1.91 bits per heavy atom. The van der Waals surface area contributed by atoms with Gasteiger partial charge in [0.2, 0.25) is 0 Å². The molecule has 0 atom stereocenters. The molecule has 178 valence electrons. The van der Waals surface area contributed by atoms with Crippen LogP contribution in [0.1, 0.15) is 63.9 Å². The van der Waals surface area contributed by atoms with Crippen molar-refractivity contribution in [2.45, 2.75) is 53.4 Å². The van der Waals surface area contributed by atoms with Crippen LogP contribution < -0.4 is 11.1 Å². The van der Waals surface area contributed by atoms with E-state index >= 15 is 0 Å². The molecule has 0 bridgehead atoms. The van der Waals surface area contributed by atoms with Gasteiger partial charge in [-0.1, -0.05) is 34.3 Å². The molecule has 0 saturated heterocycles. The molecular weight excluding hydrogens is 398 g/mol. The zero-order chi connectivity index (χ0) is 24.3. The quantitative estimate of drug-likeness (QED) is 0.510. The number of nitrogens with two attached hydrogens (primary N) is 1. The summed E-state index contributed by atoms with van der Waals surface area (Å²) in [5.74, 6) is 1.24. The zero-order valence-corrected chi connectivity index (χ0v) is 21.4. The molecule has 32 heavy (non-hydrogen) atoms. The van der Waals surface area contributed by atoms with Crippen LogP contribution in [0.25, 0.3) is 16.8 Å². The SMILES string of the molecule is C=C(C)c1nc(-c2ccc(C(C)C)nc2NCCN(C)C)c(CC)cc1N.CCCOC. The summed E-state index contributed by atoms with van der Waals surface area (Å²) in [5.41, 5.74) is 12.6. The lowest BCUT2D eigenvalue weighted by Crippen LogP contribution is -2.21. The van der Waals surface area contributed by atoms with Crippen LogP contribution in [-0.2, 0) is 11.2 Å². The van der Waals surface area contributed by atoms with Gasteiger partial charge in [0.05, 0.1) is 17.1 Å². The van der Waals surface area contributed by atoms with Crippen molar-refractivity contribution in [3.05, 3.63) is 41.7 Å².